The van der Waals surface area contributed by atoms with Crippen LogP contribution in [0.3, 0.4) is 0 Å². The zero-order valence-electron chi connectivity index (χ0n) is 10.2. The summed E-state index contributed by atoms with van der Waals surface area (Å²) >= 11 is 0. The van der Waals surface area contributed by atoms with E-state index in [1.165, 1.54) is 0 Å². The van der Waals surface area contributed by atoms with Crippen LogP contribution in [0.5, 0.6) is 0 Å². The van der Waals surface area contributed by atoms with Crippen LogP contribution in [0.25, 0.3) is 0 Å². The average molecular weight is 209 g/mol. The molecule has 0 saturated carbocycles. The molecule has 0 aliphatic carbocycles. The summed E-state index contributed by atoms with van der Waals surface area (Å²) in [5.74, 6) is 0. The van der Waals surface area contributed by atoms with Crippen molar-refractivity contribution in [3.05, 3.63) is 0 Å². The lowest BCUT2D eigenvalue weighted by molar-refractivity contribution is 0.307. The predicted molar refractivity (Wildman–Crippen MR) is 62.6 cm³/mol. The van der Waals surface area contributed by atoms with Crippen LogP contribution in [0.4, 0.5) is 0 Å². The van der Waals surface area contributed by atoms with Crippen LogP contribution in [0.2, 0.25) is 0 Å². The summed E-state index contributed by atoms with van der Waals surface area (Å²) in [7, 11) is 2.14. The summed E-state index contributed by atoms with van der Waals surface area (Å²) < 4.78 is 0. The van der Waals surface area contributed by atoms with Gasteiger partial charge in [-0.15, -0.1) is 0 Å². The maximum absolute atomic E-state index is 9.37. The molecular formula is C12H23N3. The first-order valence-electron chi connectivity index (χ1n) is 5.99. The Morgan fingerprint density at radius 1 is 1.47 bits per heavy atom. The number of nitriles is 1. The Bertz CT molecular complexity index is 234. The maximum Gasteiger partial charge on any atom is 0.108 e. The minimum atomic E-state index is -0.278. The van der Waals surface area contributed by atoms with Crippen molar-refractivity contribution in [2.75, 3.05) is 20.1 Å². The van der Waals surface area contributed by atoms with Crippen molar-refractivity contribution in [3.63, 3.8) is 0 Å². The first-order valence-corrected chi connectivity index (χ1v) is 5.99. The Morgan fingerprint density at radius 3 is 2.80 bits per heavy atom. The first kappa shape index (κ1) is 12.5. The molecule has 1 aliphatic heterocycles. The van der Waals surface area contributed by atoms with Crippen molar-refractivity contribution >= 4 is 0 Å². The van der Waals surface area contributed by atoms with Crippen LogP contribution in [0, 0.1) is 11.3 Å². The predicted octanol–water partition coefficient (Wildman–Crippen LogP) is 1.75. The van der Waals surface area contributed by atoms with Crippen molar-refractivity contribution in [2.45, 2.75) is 51.1 Å². The van der Waals surface area contributed by atoms with Gasteiger partial charge in [0, 0.05) is 12.6 Å². The molecule has 0 aromatic heterocycles. The molecule has 86 valence electrons. The fourth-order valence-electron chi connectivity index (χ4n) is 2.13. The second kappa shape index (κ2) is 5.48. The van der Waals surface area contributed by atoms with Crippen LogP contribution >= 0.6 is 0 Å². The number of hydrogen-bond acceptors (Lipinski definition) is 3. The highest BCUT2D eigenvalue weighted by atomic mass is 15.1. The summed E-state index contributed by atoms with van der Waals surface area (Å²) in [6, 6.07) is 2.94. The van der Waals surface area contributed by atoms with E-state index in [0.29, 0.717) is 6.04 Å². The topological polar surface area (TPSA) is 39.1 Å². The van der Waals surface area contributed by atoms with E-state index in [9.17, 15) is 5.26 Å². The zero-order chi connectivity index (χ0) is 11.3. The molecule has 1 saturated heterocycles. The molecule has 1 rings (SSSR count). The van der Waals surface area contributed by atoms with Crippen LogP contribution in [0.15, 0.2) is 0 Å². The normalized spacial score (nSPS) is 30.5. The van der Waals surface area contributed by atoms with Crippen LogP contribution in [-0.2, 0) is 0 Å². The summed E-state index contributed by atoms with van der Waals surface area (Å²) in [4.78, 5) is 2.32. The third-order valence-electron chi connectivity index (χ3n) is 3.41. The smallest absolute Gasteiger partial charge is 0.108 e. The third-order valence-corrected chi connectivity index (χ3v) is 3.41. The van der Waals surface area contributed by atoms with E-state index in [-0.39, 0.29) is 5.54 Å². The highest BCUT2D eigenvalue weighted by Gasteiger charge is 2.32. The maximum atomic E-state index is 9.37. The van der Waals surface area contributed by atoms with Gasteiger partial charge in [-0.2, -0.15) is 5.26 Å². The molecular weight excluding hydrogens is 186 g/mol. The fourth-order valence-corrected chi connectivity index (χ4v) is 2.13. The molecule has 1 N–H and O–H groups in total. The molecule has 0 bridgehead atoms. The lowest BCUT2D eigenvalue weighted by Gasteiger charge is -2.29. The van der Waals surface area contributed by atoms with E-state index in [0.717, 1.165) is 38.8 Å². The van der Waals surface area contributed by atoms with Crippen molar-refractivity contribution in [2.24, 2.45) is 0 Å². The lowest BCUT2D eigenvalue weighted by Crippen LogP contribution is -2.48. The van der Waals surface area contributed by atoms with Gasteiger partial charge in [-0.25, -0.2) is 0 Å². The Morgan fingerprint density at radius 2 is 2.20 bits per heavy atom. The van der Waals surface area contributed by atoms with Gasteiger partial charge in [-0.1, -0.05) is 6.92 Å². The van der Waals surface area contributed by atoms with Crippen LogP contribution in [0.1, 0.15) is 39.5 Å². The van der Waals surface area contributed by atoms with Crippen molar-refractivity contribution in [1.29, 1.82) is 5.26 Å². The molecule has 2 unspecified atom stereocenters. The summed E-state index contributed by atoms with van der Waals surface area (Å²) in [5.41, 5.74) is -0.278. The zero-order valence-corrected chi connectivity index (χ0v) is 10.2. The van der Waals surface area contributed by atoms with E-state index in [4.69, 9.17) is 0 Å². The van der Waals surface area contributed by atoms with Crippen molar-refractivity contribution in [3.8, 4) is 6.07 Å². The third kappa shape index (κ3) is 3.48. The number of rotatable bonds is 3. The van der Waals surface area contributed by atoms with Gasteiger partial charge in [0.2, 0.25) is 0 Å². The minimum absolute atomic E-state index is 0.278. The van der Waals surface area contributed by atoms with Crippen molar-refractivity contribution in [1.82, 2.24) is 10.2 Å². The van der Waals surface area contributed by atoms with Gasteiger partial charge >= 0.3 is 0 Å². The van der Waals surface area contributed by atoms with Gasteiger partial charge in [0.15, 0.2) is 0 Å². The molecule has 0 amide bonds. The van der Waals surface area contributed by atoms with E-state index in [1.807, 2.05) is 0 Å². The summed E-state index contributed by atoms with van der Waals surface area (Å²) in [5, 5.41) is 12.9. The summed E-state index contributed by atoms with van der Waals surface area (Å²) in [6.45, 7) is 6.46. The molecule has 0 spiro atoms. The Labute approximate surface area is 93.5 Å². The van der Waals surface area contributed by atoms with Gasteiger partial charge in [0.05, 0.1) is 6.07 Å². The molecule has 0 aromatic carbocycles. The number of hydrogen-bond donors (Lipinski definition) is 1. The molecule has 1 aliphatic rings. The minimum Gasteiger partial charge on any atom is -0.306 e. The molecule has 1 heterocycles. The van der Waals surface area contributed by atoms with Gasteiger partial charge in [-0.3, -0.25) is 5.32 Å². The number of nitrogens with one attached hydrogen (secondary N) is 1. The quantitative estimate of drug-likeness (QED) is 0.769. The molecule has 0 radical (unpaired) electrons. The van der Waals surface area contributed by atoms with E-state index < -0.39 is 0 Å². The fraction of sp³-hybridized carbons (Fsp3) is 0.917. The van der Waals surface area contributed by atoms with Gasteiger partial charge in [0.1, 0.15) is 5.54 Å². The Hall–Kier alpha value is -0.590. The molecule has 3 nitrogen and oxygen atoms in total. The molecule has 1 fully saturated rings. The standard InChI is InChI=1S/C12H23N3/c1-4-11(2)14-12(10-13)6-5-8-15(3)9-7-12/h11,14H,4-9H2,1-3H3. The largest absolute Gasteiger partial charge is 0.306 e. The van der Waals surface area contributed by atoms with E-state index >= 15 is 0 Å². The van der Waals surface area contributed by atoms with Crippen LogP contribution < -0.4 is 5.32 Å². The van der Waals surface area contributed by atoms with Gasteiger partial charge in [0.25, 0.3) is 0 Å². The van der Waals surface area contributed by atoms with E-state index in [1.54, 1.807) is 0 Å². The van der Waals surface area contributed by atoms with Crippen molar-refractivity contribution < 1.29 is 0 Å². The first-order chi connectivity index (χ1) is 7.12. The monoisotopic (exact) mass is 209 g/mol. The van der Waals surface area contributed by atoms with Gasteiger partial charge < -0.3 is 4.90 Å². The Kier molecular flexibility index (Phi) is 4.56. The van der Waals surface area contributed by atoms with Crippen LogP contribution in [-0.4, -0.2) is 36.6 Å². The highest BCUT2D eigenvalue weighted by Crippen LogP contribution is 2.22. The lowest BCUT2D eigenvalue weighted by atomic mass is 9.91. The molecule has 2 atom stereocenters. The van der Waals surface area contributed by atoms with Gasteiger partial charge in [-0.05, 0) is 46.2 Å². The van der Waals surface area contributed by atoms with E-state index in [2.05, 4.69) is 37.2 Å². The highest BCUT2D eigenvalue weighted by molar-refractivity contribution is 5.09. The summed E-state index contributed by atoms with van der Waals surface area (Å²) in [6.07, 6.45) is 4.13. The number of likely N-dealkylation sites (tertiary alicyclic amines) is 1. The second-order valence-corrected chi connectivity index (χ2v) is 4.80. The Balaban J connectivity index is 2.63. The molecule has 3 heteroatoms. The average Bonchev–Trinajstić information content (AvgIpc) is 2.42. The molecule has 15 heavy (non-hydrogen) atoms. The second-order valence-electron chi connectivity index (χ2n) is 4.80. The number of nitrogens with zero attached hydrogens (tertiary/aromatic N) is 2. The SMILES string of the molecule is CCC(C)NC1(C#N)CCCN(C)CC1. The molecule has 0 aromatic rings.